The largest absolute Gasteiger partial charge is 0.458 e. The Balaban J connectivity index is 1.43. The summed E-state index contributed by atoms with van der Waals surface area (Å²) in [4.78, 5) is 47.7. The molecule has 0 saturated carbocycles. The maximum absolute atomic E-state index is 12.0. The van der Waals surface area contributed by atoms with Gasteiger partial charge in [0.1, 0.15) is 11.5 Å². The third kappa shape index (κ3) is 6.89. The monoisotopic (exact) mass is 461 g/mol. The van der Waals surface area contributed by atoms with E-state index in [-0.39, 0.29) is 12.3 Å². The normalized spacial score (nSPS) is 10.5. The fourth-order valence-electron chi connectivity index (χ4n) is 2.73. The van der Waals surface area contributed by atoms with Crippen molar-refractivity contribution in [2.24, 2.45) is 5.10 Å². The number of furan rings is 1. The van der Waals surface area contributed by atoms with E-state index in [1.807, 2.05) is 19.9 Å². The predicted molar refractivity (Wildman–Crippen MR) is 126 cm³/mol. The van der Waals surface area contributed by atoms with E-state index in [1.54, 1.807) is 54.6 Å². The van der Waals surface area contributed by atoms with Gasteiger partial charge in [0, 0.05) is 11.4 Å². The zero-order valence-electron chi connectivity index (χ0n) is 18.5. The molecule has 3 rings (SSSR count). The molecule has 0 fully saturated rings. The summed E-state index contributed by atoms with van der Waals surface area (Å²) in [5, 5.41) is 11.1. The van der Waals surface area contributed by atoms with Crippen LogP contribution < -0.4 is 21.4 Å². The highest BCUT2D eigenvalue weighted by Crippen LogP contribution is 2.14. The smallest absolute Gasteiger partial charge is 0.329 e. The molecule has 1 aromatic heterocycles. The number of hydrazone groups is 1. The van der Waals surface area contributed by atoms with Crippen molar-refractivity contribution in [2.45, 2.75) is 20.4 Å². The van der Waals surface area contributed by atoms with Crippen molar-refractivity contribution in [3.05, 3.63) is 83.3 Å². The Bertz CT molecular complexity index is 1230. The molecule has 2 aromatic carbocycles. The first-order chi connectivity index (χ1) is 16.3. The van der Waals surface area contributed by atoms with Gasteiger partial charge in [0.2, 0.25) is 0 Å². The molecule has 0 atom stereocenters. The van der Waals surface area contributed by atoms with E-state index >= 15 is 0 Å². The zero-order chi connectivity index (χ0) is 24.5. The second kappa shape index (κ2) is 11.2. The molecule has 4 amide bonds. The number of carbonyl (C=O) groups is 4. The molecule has 0 aliphatic carbocycles. The molecular weight excluding hydrogens is 438 g/mol. The Hall–Kier alpha value is -4.73. The lowest BCUT2D eigenvalue weighted by Gasteiger charge is -2.06. The molecule has 0 aliphatic rings. The molecule has 10 nitrogen and oxygen atoms in total. The average Bonchev–Trinajstić information content (AvgIpc) is 3.28. The fourth-order valence-corrected chi connectivity index (χ4v) is 2.73. The zero-order valence-corrected chi connectivity index (χ0v) is 18.5. The van der Waals surface area contributed by atoms with Crippen molar-refractivity contribution in [3.63, 3.8) is 0 Å². The number of benzene rings is 2. The Labute approximate surface area is 195 Å². The van der Waals surface area contributed by atoms with E-state index in [4.69, 9.17) is 4.42 Å². The van der Waals surface area contributed by atoms with Crippen LogP contribution in [-0.2, 0) is 25.7 Å². The van der Waals surface area contributed by atoms with Crippen LogP contribution in [0, 0.1) is 13.8 Å². The Morgan fingerprint density at radius 1 is 0.794 bits per heavy atom. The van der Waals surface area contributed by atoms with Crippen LogP contribution in [0.25, 0.3) is 0 Å². The van der Waals surface area contributed by atoms with Crippen LogP contribution in [0.5, 0.6) is 0 Å². The van der Waals surface area contributed by atoms with Crippen molar-refractivity contribution in [2.75, 3.05) is 10.6 Å². The van der Waals surface area contributed by atoms with Gasteiger partial charge in [-0.05, 0) is 61.4 Å². The Morgan fingerprint density at radius 2 is 1.50 bits per heavy atom. The van der Waals surface area contributed by atoms with Gasteiger partial charge >= 0.3 is 23.6 Å². The standard InChI is InChI=1S/C24H23N5O5/c1-15-8-9-18(12-16(15)2)28-23(32)24(33)29-26-14-20-11-10-19(34-20)13-25-21(30)22(31)27-17-6-4-3-5-7-17/h3-12,14H,13H2,1-2H3,(H,25,30)(H,27,31)(H,28,32)(H,29,33)/b26-14+. The van der Waals surface area contributed by atoms with Gasteiger partial charge in [-0.1, -0.05) is 24.3 Å². The third-order valence-electron chi connectivity index (χ3n) is 4.67. The van der Waals surface area contributed by atoms with Gasteiger partial charge in [-0.15, -0.1) is 0 Å². The molecule has 0 bridgehead atoms. The molecule has 0 saturated heterocycles. The van der Waals surface area contributed by atoms with Crippen LogP contribution in [0.2, 0.25) is 0 Å². The predicted octanol–water partition coefficient (Wildman–Crippen LogP) is 2.24. The second-order valence-corrected chi connectivity index (χ2v) is 7.26. The van der Waals surface area contributed by atoms with Crippen molar-refractivity contribution in [1.29, 1.82) is 0 Å². The molecule has 10 heteroatoms. The number of hydrogen-bond acceptors (Lipinski definition) is 6. The van der Waals surface area contributed by atoms with Crippen LogP contribution in [0.15, 0.2) is 70.2 Å². The molecule has 174 valence electrons. The summed E-state index contributed by atoms with van der Waals surface area (Å²) < 4.78 is 5.45. The van der Waals surface area contributed by atoms with Gasteiger partial charge < -0.3 is 20.4 Å². The topological polar surface area (TPSA) is 142 Å². The van der Waals surface area contributed by atoms with E-state index in [0.717, 1.165) is 11.1 Å². The molecule has 4 N–H and O–H groups in total. The number of amides is 4. The number of para-hydroxylation sites is 1. The highest BCUT2D eigenvalue weighted by molar-refractivity contribution is 6.40. The first-order valence-corrected chi connectivity index (χ1v) is 10.3. The van der Waals surface area contributed by atoms with Gasteiger partial charge in [-0.2, -0.15) is 5.10 Å². The number of rotatable bonds is 6. The van der Waals surface area contributed by atoms with Gasteiger partial charge in [0.25, 0.3) is 0 Å². The molecule has 0 aliphatic heterocycles. The van der Waals surface area contributed by atoms with Crippen molar-refractivity contribution < 1.29 is 23.6 Å². The summed E-state index contributed by atoms with van der Waals surface area (Å²) in [7, 11) is 0. The highest BCUT2D eigenvalue weighted by atomic mass is 16.3. The molecule has 0 unspecified atom stereocenters. The molecule has 34 heavy (non-hydrogen) atoms. The molecule has 3 aromatic rings. The summed E-state index contributed by atoms with van der Waals surface area (Å²) in [6.45, 7) is 3.82. The molecule has 1 heterocycles. The summed E-state index contributed by atoms with van der Waals surface area (Å²) in [6, 6.07) is 17.0. The van der Waals surface area contributed by atoms with E-state index in [2.05, 4.69) is 26.5 Å². The molecule has 0 spiro atoms. The van der Waals surface area contributed by atoms with Gasteiger partial charge in [-0.3, -0.25) is 19.2 Å². The van der Waals surface area contributed by atoms with Gasteiger partial charge in [0.15, 0.2) is 0 Å². The van der Waals surface area contributed by atoms with Crippen molar-refractivity contribution in [3.8, 4) is 0 Å². The number of carbonyl (C=O) groups excluding carboxylic acids is 4. The van der Waals surface area contributed by atoms with Crippen LogP contribution in [-0.4, -0.2) is 29.8 Å². The first-order valence-electron chi connectivity index (χ1n) is 10.3. The summed E-state index contributed by atoms with van der Waals surface area (Å²) >= 11 is 0. The van der Waals surface area contributed by atoms with Crippen LogP contribution >= 0.6 is 0 Å². The number of aryl methyl sites for hydroxylation is 2. The number of nitrogens with one attached hydrogen (secondary N) is 4. The van der Waals surface area contributed by atoms with E-state index in [1.165, 1.54) is 6.21 Å². The van der Waals surface area contributed by atoms with E-state index in [9.17, 15) is 19.2 Å². The van der Waals surface area contributed by atoms with E-state index in [0.29, 0.717) is 17.1 Å². The van der Waals surface area contributed by atoms with Crippen molar-refractivity contribution in [1.82, 2.24) is 10.7 Å². The minimum absolute atomic E-state index is 0.0282. The second-order valence-electron chi connectivity index (χ2n) is 7.26. The van der Waals surface area contributed by atoms with Crippen LogP contribution in [0.4, 0.5) is 11.4 Å². The minimum Gasteiger partial charge on any atom is -0.458 e. The Morgan fingerprint density at radius 3 is 2.24 bits per heavy atom. The minimum atomic E-state index is -0.946. The quantitative estimate of drug-likeness (QED) is 0.253. The molecule has 0 radical (unpaired) electrons. The number of hydrogen-bond donors (Lipinski definition) is 4. The maximum atomic E-state index is 12.0. The van der Waals surface area contributed by atoms with Crippen molar-refractivity contribution >= 4 is 41.2 Å². The lowest BCUT2D eigenvalue weighted by atomic mass is 10.1. The Kier molecular flexibility index (Phi) is 7.90. The lowest BCUT2D eigenvalue weighted by Crippen LogP contribution is -2.34. The summed E-state index contributed by atoms with van der Waals surface area (Å²) in [5.41, 5.74) is 5.17. The van der Waals surface area contributed by atoms with E-state index < -0.39 is 23.6 Å². The summed E-state index contributed by atoms with van der Waals surface area (Å²) in [6.07, 6.45) is 1.20. The fraction of sp³-hybridized carbons (Fsp3) is 0.125. The summed E-state index contributed by atoms with van der Waals surface area (Å²) in [5.74, 6) is -2.80. The third-order valence-corrected chi connectivity index (χ3v) is 4.67. The lowest BCUT2D eigenvalue weighted by molar-refractivity contribution is -0.136. The number of nitrogens with zero attached hydrogens (tertiary/aromatic N) is 1. The van der Waals surface area contributed by atoms with Gasteiger partial charge in [-0.25, -0.2) is 5.43 Å². The SMILES string of the molecule is Cc1ccc(NC(=O)C(=O)N/N=C/c2ccc(CNC(=O)C(=O)Nc3ccccc3)o2)cc1C. The van der Waals surface area contributed by atoms with Crippen LogP contribution in [0.3, 0.4) is 0 Å². The molecular formula is C24H23N5O5. The first kappa shape index (κ1) is 23.9. The maximum Gasteiger partial charge on any atom is 0.329 e. The average molecular weight is 461 g/mol. The van der Waals surface area contributed by atoms with Gasteiger partial charge in [0.05, 0.1) is 12.8 Å². The highest BCUT2D eigenvalue weighted by Gasteiger charge is 2.15. The van der Waals surface area contributed by atoms with Crippen LogP contribution in [0.1, 0.15) is 22.6 Å². The number of anilines is 2.